The molecule has 3 heteroatoms. The zero-order chi connectivity index (χ0) is 7.14. The second-order valence-corrected chi connectivity index (χ2v) is 3.02. The van der Waals surface area contributed by atoms with Gasteiger partial charge in [0.15, 0.2) is 0 Å². The van der Waals surface area contributed by atoms with Crippen LogP contribution in [0.5, 0.6) is 0 Å². The highest BCUT2D eigenvalue weighted by atomic mass is 16.6. The first-order valence-electron chi connectivity index (χ1n) is 3.70. The van der Waals surface area contributed by atoms with Crippen LogP contribution in [0.3, 0.4) is 0 Å². The van der Waals surface area contributed by atoms with Crippen molar-refractivity contribution in [2.45, 2.75) is 38.0 Å². The van der Waals surface area contributed by atoms with E-state index in [2.05, 4.69) is 5.32 Å². The molecule has 10 heavy (non-hydrogen) atoms. The number of carbonyl (C=O) groups excluding carboxylic acids is 1. The van der Waals surface area contributed by atoms with Gasteiger partial charge in [-0.05, 0) is 12.8 Å². The molecule has 0 aromatic carbocycles. The van der Waals surface area contributed by atoms with Gasteiger partial charge in [-0.3, -0.25) is 4.79 Å². The van der Waals surface area contributed by atoms with Crippen LogP contribution in [0.15, 0.2) is 0 Å². The van der Waals surface area contributed by atoms with E-state index in [9.17, 15) is 4.79 Å². The second kappa shape index (κ2) is 1.95. The summed E-state index contributed by atoms with van der Waals surface area (Å²) in [6.07, 6.45) is 3.03. The number of amides is 1. The van der Waals surface area contributed by atoms with E-state index in [0.717, 1.165) is 12.8 Å². The van der Waals surface area contributed by atoms with Crippen molar-refractivity contribution in [2.24, 2.45) is 0 Å². The quantitative estimate of drug-likeness (QED) is 0.524. The Morgan fingerprint density at radius 3 is 2.80 bits per heavy atom. The molecule has 0 spiro atoms. The number of hydrogen-bond acceptors (Lipinski definition) is 2. The highest BCUT2D eigenvalue weighted by Gasteiger charge is 2.50. The molecular weight excluding hydrogens is 130 g/mol. The Bertz CT molecular complexity index is 169. The molecule has 56 valence electrons. The van der Waals surface area contributed by atoms with E-state index in [1.54, 1.807) is 6.92 Å². The van der Waals surface area contributed by atoms with E-state index in [-0.39, 0.29) is 5.91 Å². The van der Waals surface area contributed by atoms with Crippen LogP contribution < -0.4 is 5.32 Å². The number of hydrogen-bond donors (Lipinski definition) is 1. The average Bonchev–Trinajstić information content (AvgIpc) is 2.52. The van der Waals surface area contributed by atoms with Gasteiger partial charge >= 0.3 is 0 Å². The zero-order valence-electron chi connectivity index (χ0n) is 5.96. The third-order valence-corrected chi connectivity index (χ3v) is 2.17. The maximum Gasteiger partial charge on any atom is 0.217 e. The summed E-state index contributed by atoms with van der Waals surface area (Å²) in [4.78, 5) is 10.6. The molecule has 2 fully saturated rings. The van der Waals surface area contributed by atoms with Crippen LogP contribution in [-0.4, -0.2) is 24.2 Å². The number of ether oxygens (including phenoxy) is 1. The number of epoxide rings is 1. The predicted octanol–water partition coefficient (Wildman–Crippen LogP) is 0.0523. The van der Waals surface area contributed by atoms with Crippen LogP contribution in [0.1, 0.15) is 19.8 Å². The third-order valence-electron chi connectivity index (χ3n) is 2.17. The monoisotopic (exact) mass is 141 g/mol. The van der Waals surface area contributed by atoms with E-state index < -0.39 is 0 Å². The topological polar surface area (TPSA) is 41.6 Å². The first-order valence-corrected chi connectivity index (χ1v) is 3.70. The summed E-state index contributed by atoms with van der Waals surface area (Å²) >= 11 is 0. The molecule has 0 bridgehead atoms. The van der Waals surface area contributed by atoms with Gasteiger partial charge in [0.2, 0.25) is 5.91 Å². The number of carbonyl (C=O) groups is 1. The van der Waals surface area contributed by atoms with Crippen molar-refractivity contribution in [3.8, 4) is 0 Å². The lowest BCUT2D eigenvalue weighted by Crippen LogP contribution is -2.35. The average molecular weight is 141 g/mol. The van der Waals surface area contributed by atoms with Crippen molar-refractivity contribution in [1.82, 2.24) is 5.32 Å². The molecule has 0 radical (unpaired) electrons. The molecule has 2 aliphatic rings. The highest BCUT2D eigenvalue weighted by molar-refractivity contribution is 5.73. The van der Waals surface area contributed by atoms with Crippen molar-refractivity contribution in [3.05, 3.63) is 0 Å². The van der Waals surface area contributed by atoms with E-state index in [1.165, 1.54) is 0 Å². The summed E-state index contributed by atoms with van der Waals surface area (Å²) in [5.41, 5.74) is 0. The standard InChI is InChI=1S/C7H11NO2/c1-4(9)8-5-2-3-6-7(5)10-6/h5-7H,2-3H2,1H3,(H,8,9). The highest BCUT2D eigenvalue weighted by Crippen LogP contribution is 2.38. The van der Waals surface area contributed by atoms with Crippen LogP contribution in [0, 0.1) is 0 Å². The minimum absolute atomic E-state index is 0.0566. The Morgan fingerprint density at radius 1 is 1.60 bits per heavy atom. The maximum absolute atomic E-state index is 10.6. The van der Waals surface area contributed by atoms with E-state index in [4.69, 9.17) is 4.74 Å². The molecule has 3 unspecified atom stereocenters. The molecule has 1 amide bonds. The Hall–Kier alpha value is -0.570. The summed E-state index contributed by atoms with van der Waals surface area (Å²) in [6.45, 7) is 1.55. The zero-order valence-corrected chi connectivity index (χ0v) is 5.96. The molecule has 1 aliphatic heterocycles. The fraction of sp³-hybridized carbons (Fsp3) is 0.857. The van der Waals surface area contributed by atoms with Crippen molar-refractivity contribution >= 4 is 5.91 Å². The van der Waals surface area contributed by atoms with Crippen molar-refractivity contribution in [1.29, 1.82) is 0 Å². The Kier molecular flexibility index (Phi) is 1.20. The smallest absolute Gasteiger partial charge is 0.217 e. The van der Waals surface area contributed by atoms with Gasteiger partial charge in [-0.1, -0.05) is 0 Å². The van der Waals surface area contributed by atoms with Crippen LogP contribution >= 0.6 is 0 Å². The molecule has 1 N–H and O–H groups in total. The van der Waals surface area contributed by atoms with E-state index >= 15 is 0 Å². The van der Waals surface area contributed by atoms with Crippen LogP contribution in [0.4, 0.5) is 0 Å². The van der Waals surface area contributed by atoms with Crippen LogP contribution in [0.2, 0.25) is 0 Å². The maximum atomic E-state index is 10.6. The van der Waals surface area contributed by atoms with Gasteiger partial charge < -0.3 is 10.1 Å². The van der Waals surface area contributed by atoms with Crippen molar-refractivity contribution in [2.75, 3.05) is 0 Å². The molecule has 1 aliphatic carbocycles. The molecule has 1 heterocycles. The minimum Gasteiger partial charge on any atom is -0.367 e. The van der Waals surface area contributed by atoms with Crippen molar-refractivity contribution < 1.29 is 9.53 Å². The number of rotatable bonds is 1. The van der Waals surface area contributed by atoms with Crippen LogP contribution in [0.25, 0.3) is 0 Å². The molecule has 3 atom stereocenters. The fourth-order valence-electron chi connectivity index (χ4n) is 1.67. The van der Waals surface area contributed by atoms with Gasteiger partial charge in [-0.2, -0.15) is 0 Å². The first kappa shape index (κ1) is 6.16. The summed E-state index contributed by atoms with van der Waals surface area (Å²) in [6, 6.07) is 0.308. The lowest BCUT2D eigenvalue weighted by atomic mass is 10.2. The molecule has 1 saturated heterocycles. The van der Waals surface area contributed by atoms with Gasteiger partial charge in [0.25, 0.3) is 0 Å². The van der Waals surface area contributed by atoms with Gasteiger partial charge in [-0.15, -0.1) is 0 Å². The summed E-state index contributed by atoms with van der Waals surface area (Å²) < 4.78 is 5.25. The lowest BCUT2D eigenvalue weighted by molar-refractivity contribution is -0.119. The van der Waals surface area contributed by atoms with Crippen LogP contribution in [-0.2, 0) is 9.53 Å². The molecular formula is C7H11NO2. The van der Waals surface area contributed by atoms with Crippen molar-refractivity contribution in [3.63, 3.8) is 0 Å². The van der Waals surface area contributed by atoms with Gasteiger partial charge in [-0.25, -0.2) is 0 Å². The summed E-state index contributed by atoms with van der Waals surface area (Å²) in [7, 11) is 0. The molecule has 0 aromatic rings. The minimum atomic E-state index is 0.0566. The van der Waals surface area contributed by atoms with Gasteiger partial charge in [0.05, 0.1) is 12.1 Å². The summed E-state index contributed by atoms with van der Waals surface area (Å²) in [5.74, 6) is 0.0566. The van der Waals surface area contributed by atoms with E-state index in [0.29, 0.717) is 18.2 Å². The van der Waals surface area contributed by atoms with Gasteiger partial charge in [0.1, 0.15) is 6.10 Å². The number of fused-ring (bicyclic) bond motifs is 1. The number of nitrogens with one attached hydrogen (secondary N) is 1. The predicted molar refractivity (Wildman–Crippen MR) is 35.5 cm³/mol. The SMILES string of the molecule is CC(=O)NC1CCC2OC12. The molecule has 2 rings (SSSR count). The lowest BCUT2D eigenvalue weighted by Gasteiger charge is -2.09. The first-order chi connectivity index (χ1) is 4.77. The second-order valence-electron chi connectivity index (χ2n) is 3.02. The summed E-state index contributed by atoms with van der Waals surface area (Å²) in [5, 5.41) is 2.87. The Balaban J connectivity index is 1.88. The largest absolute Gasteiger partial charge is 0.367 e. The Labute approximate surface area is 59.7 Å². The Morgan fingerprint density at radius 2 is 2.40 bits per heavy atom. The molecule has 3 nitrogen and oxygen atoms in total. The normalized spacial score (nSPS) is 42.7. The van der Waals surface area contributed by atoms with E-state index in [1.807, 2.05) is 0 Å². The molecule has 1 saturated carbocycles. The fourth-order valence-corrected chi connectivity index (χ4v) is 1.67. The van der Waals surface area contributed by atoms with Gasteiger partial charge in [0, 0.05) is 6.92 Å². The molecule has 0 aromatic heterocycles. The third kappa shape index (κ3) is 0.904.